The number of aryl methyl sites for hydroxylation is 1. The molecule has 3 N–H and O–H groups in total. The van der Waals surface area contributed by atoms with E-state index in [1.54, 1.807) is 45.0 Å². The Bertz CT molecular complexity index is 1450. The van der Waals surface area contributed by atoms with Crippen LogP contribution in [0.25, 0.3) is 11.1 Å². The zero-order valence-electron chi connectivity index (χ0n) is 20.3. The molecule has 1 amide bonds. The number of nitrogens with two attached hydrogens (primary N) is 1. The Morgan fingerprint density at radius 2 is 1.77 bits per heavy atom. The summed E-state index contributed by atoms with van der Waals surface area (Å²) in [5, 5.41) is 9.23. The summed E-state index contributed by atoms with van der Waals surface area (Å²) >= 11 is 0. The highest BCUT2D eigenvalue weighted by molar-refractivity contribution is 7.89. The van der Waals surface area contributed by atoms with Crippen LogP contribution in [0.2, 0.25) is 0 Å². The van der Waals surface area contributed by atoms with Crippen LogP contribution in [0.5, 0.6) is 0 Å². The Morgan fingerprint density at radius 1 is 1.09 bits per heavy atom. The number of hydrogen-bond donors (Lipinski definition) is 2. The van der Waals surface area contributed by atoms with E-state index in [0.29, 0.717) is 17.5 Å². The van der Waals surface area contributed by atoms with Crippen LogP contribution in [0.15, 0.2) is 71.6 Å². The monoisotopic (exact) mass is 487 g/mol. The fourth-order valence-electron chi connectivity index (χ4n) is 4.73. The summed E-state index contributed by atoms with van der Waals surface area (Å²) in [5.74, 6) is -0.518. The molecule has 3 aromatic rings. The van der Waals surface area contributed by atoms with Crippen molar-refractivity contribution in [2.45, 2.75) is 55.9 Å². The second kappa shape index (κ2) is 8.63. The van der Waals surface area contributed by atoms with Gasteiger partial charge in [0.05, 0.1) is 21.9 Å². The number of hydrogen-bond acceptors (Lipinski definition) is 4. The van der Waals surface area contributed by atoms with Gasteiger partial charge < -0.3 is 5.73 Å². The largest absolute Gasteiger partial charge is 0.369 e. The van der Waals surface area contributed by atoms with Gasteiger partial charge in [-0.2, -0.15) is 5.26 Å². The fraction of sp³-hybridized carbons (Fsp3) is 0.286. The third kappa shape index (κ3) is 4.72. The predicted molar refractivity (Wildman–Crippen MR) is 136 cm³/mol. The summed E-state index contributed by atoms with van der Waals surface area (Å²) in [7, 11) is -3.76. The predicted octanol–water partition coefficient (Wildman–Crippen LogP) is 4.52. The lowest BCUT2D eigenvalue weighted by Gasteiger charge is -2.22. The molecule has 7 heteroatoms. The number of primary amides is 1. The van der Waals surface area contributed by atoms with Gasteiger partial charge in [-0.1, -0.05) is 54.1 Å². The minimum absolute atomic E-state index is 0.106. The van der Waals surface area contributed by atoms with E-state index in [1.165, 1.54) is 0 Å². The van der Waals surface area contributed by atoms with Gasteiger partial charge in [-0.3, -0.25) is 4.79 Å². The number of amides is 1. The molecule has 35 heavy (non-hydrogen) atoms. The van der Waals surface area contributed by atoms with Crippen molar-refractivity contribution in [1.29, 1.82) is 5.26 Å². The highest BCUT2D eigenvalue weighted by atomic mass is 32.2. The van der Waals surface area contributed by atoms with Gasteiger partial charge in [0.15, 0.2) is 0 Å². The van der Waals surface area contributed by atoms with Crippen LogP contribution in [-0.4, -0.2) is 19.9 Å². The summed E-state index contributed by atoms with van der Waals surface area (Å²) in [4.78, 5) is 12.8. The molecule has 1 aliphatic carbocycles. The fourth-order valence-corrected chi connectivity index (χ4v) is 6.36. The second-order valence-electron chi connectivity index (χ2n) is 10.3. The average Bonchev–Trinajstić information content (AvgIpc) is 3.55. The third-order valence-corrected chi connectivity index (χ3v) is 8.21. The van der Waals surface area contributed by atoms with Gasteiger partial charge in [-0.25, -0.2) is 13.1 Å². The number of nitrogens with one attached hydrogen (secondary N) is 1. The van der Waals surface area contributed by atoms with E-state index in [2.05, 4.69) is 10.8 Å². The maximum absolute atomic E-state index is 13.1. The zero-order valence-corrected chi connectivity index (χ0v) is 21.1. The zero-order chi connectivity index (χ0) is 25.6. The third-order valence-electron chi connectivity index (χ3n) is 6.39. The van der Waals surface area contributed by atoms with Gasteiger partial charge in [-0.05, 0) is 69.0 Å². The molecule has 1 fully saturated rings. The highest BCUT2D eigenvalue weighted by Gasteiger charge is 2.60. The van der Waals surface area contributed by atoms with E-state index in [0.717, 1.165) is 22.3 Å². The maximum atomic E-state index is 13.1. The first kappa shape index (κ1) is 24.6. The summed E-state index contributed by atoms with van der Waals surface area (Å²) in [5.41, 5.74) is 8.91. The van der Waals surface area contributed by atoms with E-state index >= 15 is 0 Å². The van der Waals surface area contributed by atoms with E-state index < -0.39 is 26.9 Å². The second-order valence-corrected chi connectivity index (χ2v) is 11.9. The van der Waals surface area contributed by atoms with Gasteiger partial charge >= 0.3 is 0 Å². The standard InChI is InChI=1S/C28H29N3O3S/c1-18-8-13-25(35(33,34)31-27(2,3)4)23(14-18)20-9-11-22(12-10-20)28(26(30)32)16-24(28)21-7-5-6-19(15-21)17-29/h5-15,24,31H,16H2,1-4H3,(H2,30,32). The molecule has 180 valence electrons. The number of nitriles is 1. The number of carbonyl (C=O) groups is 1. The molecule has 2 unspecified atom stereocenters. The lowest BCUT2D eigenvalue weighted by molar-refractivity contribution is -0.120. The number of carbonyl (C=O) groups excluding carboxylic acids is 1. The van der Waals surface area contributed by atoms with Crippen molar-refractivity contribution < 1.29 is 13.2 Å². The van der Waals surface area contributed by atoms with Gasteiger partial charge in [0.2, 0.25) is 15.9 Å². The molecule has 3 aromatic carbocycles. The molecule has 6 nitrogen and oxygen atoms in total. The van der Waals surface area contributed by atoms with Gasteiger partial charge in [0, 0.05) is 17.0 Å². The van der Waals surface area contributed by atoms with E-state index in [4.69, 9.17) is 5.73 Å². The van der Waals surface area contributed by atoms with Crippen LogP contribution in [0.4, 0.5) is 0 Å². The lowest BCUT2D eigenvalue weighted by atomic mass is 9.88. The van der Waals surface area contributed by atoms with Gasteiger partial charge in [-0.15, -0.1) is 0 Å². The van der Waals surface area contributed by atoms with Crippen LogP contribution < -0.4 is 10.5 Å². The topological polar surface area (TPSA) is 113 Å². The normalized spacial score (nSPS) is 19.7. The SMILES string of the molecule is Cc1ccc(S(=O)(=O)NC(C)(C)C)c(-c2ccc(C3(C(N)=O)CC3c3cccc(C#N)c3)cc2)c1. The van der Waals surface area contributed by atoms with Crippen LogP contribution in [0, 0.1) is 18.3 Å². The molecule has 0 radical (unpaired) electrons. The Balaban J connectivity index is 1.73. The molecule has 1 aliphatic rings. The molecule has 0 bridgehead atoms. The number of nitrogens with zero attached hydrogens (tertiary/aromatic N) is 1. The minimum Gasteiger partial charge on any atom is -0.369 e. The quantitative estimate of drug-likeness (QED) is 0.532. The van der Waals surface area contributed by atoms with Gasteiger partial charge in [0.1, 0.15) is 0 Å². The summed E-state index contributed by atoms with van der Waals surface area (Å²) in [6.45, 7) is 7.32. The van der Waals surface area contributed by atoms with E-state index in [9.17, 15) is 18.5 Å². The van der Waals surface area contributed by atoms with Crippen molar-refractivity contribution in [3.8, 4) is 17.2 Å². The first-order valence-electron chi connectivity index (χ1n) is 11.4. The maximum Gasteiger partial charge on any atom is 0.241 e. The van der Waals surface area contributed by atoms with Gasteiger partial charge in [0.25, 0.3) is 0 Å². The Labute approximate surface area is 206 Å². The highest BCUT2D eigenvalue weighted by Crippen LogP contribution is 2.60. The van der Waals surface area contributed by atoms with Crippen molar-refractivity contribution in [3.63, 3.8) is 0 Å². The van der Waals surface area contributed by atoms with Crippen LogP contribution in [-0.2, 0) is 20.2 Å². The van der Waals surface area contributed by atoms with Crippen molar-refractivity contribution in [1.82, 2.24) is 4.72 Å². The molecule has 2 atom stereocenters. The summed E-state index contributed by atoms with van der Waals surface area (Å²) < 4.78 is 29.0. The molecule has 0 heterocycles. The smallest absolute Gasteiger partial charge is 0.241 e. The van der Waals surface area contributed by atoms with E-state index in [-0.39, 0.29) is 10.8 Å². The van der Waals surface area contributed by atoms with Crippen LogP contribution in [0.3, 0.4) is 0 Å². The number of benzene rings is 3. The van der Waals surface area contributed by atoms with Crippen LogP contribution in [0.1, 0.15) is 55.4 Å². The van der Waals surface area contributed by atoms with Crippen molar-refractivity contribution in [2.24, 2.45) is 5.73 Å². The minimum atomic E-state index is -3.76. The molecule has 1 saturated carbocycles. The van der Waals surface area contributed by atoms with Crippen molar-refractivity contribution in [3.05, 3.63) is 89.0 Å². The van der Waals surface area contributed by atoms with Crippen molar-refractivity contribution in [2.75, 3.05) is 0 Å². The molecular weight excluding hydrogens is 458 g/mol. The van der Waals surface area contributed by atoms with Crippen LogP contribution >= 0.6 is 0 Å². The average molecular weight is 488 g/mol. The number of rotatable bonds is 6. The first-order valence-corrected chi connectivity index (χ1v) is 12.9. The Morgan fingerprint density at radius 3 is 2.37 bits per heavy atom. The first-order chi connectivity index (χ1) is 16.4. The lowest BCUT2D eigenvalue weighted by Crippen LogP contribution is -2.40. The molecule has 0 spiro atoms. The van der Waals surface area contributed by atoms with Crippen molar-refractivity contribution >= 4 is 15.9 Å². The summed E-state index contributed by atoms with van der Waals surface area (Å²) in [6, 6.07) is 22.0. The molecular formula is C28H29N3O3S. The Kier molecular flexibility index (Phi) is 6.08. The summed E-state index contributed by atoms with van der Waals surface area (Å²) in [6.07, 6.45) is 0.566. The molecule has 4 rings (SSSR count). The molecule has 0 aliphatic heterocycles. The molecule has 0 aromatic heterocycles. The number of sulfonamides is 1. The Hall–Kier alpha value is -3.47. The molecule has 0 saturated heterocycles. The van der Waals surface area contributed by atoms with E-state index in [1.807, 2.05) is 49.4 Å².